The predicted octanol–water partition coefficient (Wildman–Crippen LogP) is 4.87. The third-order valence-corrected chi connectivity index (χ3v) is 7.16. The molecule has 2 aliphatic rings. The molecule has 190 valence electrons. The number of amides is 1. The molecule has 1 aromatic heterocycles. The van der Waals surface area contributed by atoms with Crippen molar-refractivity contribution in [3.05, 3.63) is 94.8 Å². The number of aliphatic hydroxyl groups excluding tert-OH is 1. The minimum Gasteiger partial charge on any atom is -0.507 e. The van der Waals surface area contributed by atoms with Gasteiger partial charge in [-0.3, -0.25) is 14.6 Å². The molecule has 7 nitrogen and oxygen atoms in total. The van der Waals surface area contributed by atoms with Gasteiger partial charge in [-0.2, -0.15) is 0 Å². The number of benzene rings is 2. The van der Waals surface area contributed by atoms with E-state index in [0.717, 1.165) is 54.1 Å². The van der Waals surface area contributed by atoms with Gasteiger partial charge in [0.1, 0.15) is 11.5 Å². The molecule has 0 saturated carbocycles. The summed E-state index contributed by atoms with van der Waals surface area (Å²) < 4.78 is 5.71. The molecule has 0 aliphatic carbocycles. The molecule has 0 spiro atoms. The number of hydrogen-bond acceptors (Lipinski definition) is 6. The Labute approximate surface area is 217 Å². The van der Waals surface area contributed by atoms with E-state index in [1.807, 2.05) is 48.5 Å². The molecule has 0 radical (unpaired) electrons. The minimum absolute atomic E-state index is 0.103. The molecule has 2 aliphatic heterocycles. The summed E-state index contributed by atoms with van der Waals surface area (Å²) in [6.45, 7) is 6.85. The van der Waals surface area contributed by atoms with E-state index in [0.29, 0.717) is 12.2 Å². The van der Waals surface area contributed by atoms with Crippen LogP contribution in [-0.4, -0.2) is 46.4 Å². The van der Waals surface area contributed by atoms with Crippen LogP contribution in [0.4, 0.5) is 5.69 Å². The van der Waals surface area contributed by atoms with Crippen molar-refractivity contribution >= 4 is 23.1 Å². The van der Waals surface area contributed by atoms with Gasteiger partial charge in [0.15, 0.2) is 0 Å². The monoisotopic (exact) mass is 497 g/mol. The summed E-state index contributed by atoms with van der Waals surface area (Å²) in [7, 11) is 0. The first kappa shape index (κ1) is 24.6. The van der Waals surface area contributed by atoms with Gasteiger partial charge >= 0.3 is 0 Å². The molecule has 3 aromatic rings. The fourth-order valence-corrected chi connectivity index (χ4v) is 5.19. The Morgan fingerprint density at radius 2 is 1.78 bits per heavy atom. The lowest BCUT2D eigenvalue weighted by molar-refractivity contribution is -0.140. The standard InChI is InChI=1S/C30H31N3O4/c1-3-32(4-2)24-10-7-21(8-11-24)27-26(28(34)23-9-12-25-22(18-23)6-5-17-37-25)29(35)30(36)33(27)19-20-13-15-31-16-14-20/h7-16,18,27,34H,3-6,17,19H2,1-2H3/b28-26-. The molecular formula is C30H31N3O4. The number of Topliss-reactive ketones (excluding diaryl/α,β-unsaturated/α-hetero) is 1. The van der Waals surface area contributed by atoms with Gasteiger partial charge in [0.05, 0.1) is 18.2 Å². The van der Waals surface area contributed by atoms with Gasteiger partial charge in [-0.1, -0.05) is 12.1 Å². The van der Waals surface area contributed by atoms with E-state index in [1.54, 1.807) is 18.5 Å². The van der Waals surface area contributed by atoms with Crippen LogP contribution in [-0.2, 0) is 22.6 Å². The van der Waals surface area contributed by atoms with Gasteiger partial charge in [0.2, 0.25) is 0 Å². The molecule has 1 N–H and O–H groups in total. The second-order valence-corrected chi connectivity index (χ2v) is 9.32. The molecule has 5 rings (SSSR count). The lowest BCUT2D eigenvalue weighted by atomic mass is 9.93. The molecule has 1 atom stereocenters. The summed E-state index contributed by atoms with van der Waals surface area (Å²) in [5, 5.41) is 11.5. The topological polar surface area (TPSA) is 83.0 Å². The minimum atomic E-state index is -0.716. The molecular weight excluding hydrogens is 466 g/mol. The quantitative estimate of drug-likeness (QED) is 0.285. The van der Waals surface area contributed by atoms with Crippen LogP contribution in [0.25, 0.3) is 5.76 Å². The Bertz CT molecular complexity index is 1330. The highest BCUT2D eigenvalue weighted by molar-refractivity contribution is 6.46. The highest BCUT2D eigenvalue weighted by Crippen LogP contribution is 2.41. The van der Waals surface area contributed by atoms with Crippen molar-refractivity contribution in [2.75, 3.05) is 24.6 Å². The zero-order valence-corrected chi connectivity index (χ0v) is 21.2. The van der Waals surface area contributed by atoms with Crippen LogP contribution in [0.2, 0.25) is 0 Å². The van der Waals surface area contributed by atoms with Gasteiger partial charge in [-0.15, -0.1) is 0 Å². The van der Waals surface area contributed by atoms with E-state index in [-0.39, 0.29) is 17.9 Å². The van der Waals surface area contributed by atoms with Crippen LogP contribution in [0.1, 0.15) is 48.6 Å². The average Bonchev–Trinajstić information content (AvgIpc) is 3.19. The number of fused-ring (bicyclic) bond motifs is 1. The third kappa shape index (κ3) is 4.69. The number of ketones is 1. The molecule has 37 heavy (non-hydrogen) atoms. The van der Waals surface area contributed by atoms with Crippen molar-refractivity contribution in [1.82, 2.24) is 9.88 Å². The summed E-state index contributed by atoms with van der Waals surface area (Å²) >= 11 is 0. The Balaban J connectivity index is 1.61. The van der Waals surface area contributed by atoms with Crippen LogP contribution in [0.5, 0.6) is 5.75 Å². The van der Waals surface area contributed by atoms with Gasteiger partial charge in [-0.25, -0.2) is 0 Å². The second kappa shape index (κ2) is 10.5. The Morgan fingerprint density at radius 1 is 1.05 bits per heavy atom. The number of aryl methyl sites for hydroxylation is 1. The zero-order chi connectivity index (χ0) is 25.9. The van der Waals surface area contributed by atoms with Crippen LogP contribution in [0.15, 0.2) is 72.6 Å². The summed E-state index contributed by atoms with van der Waals surface area (Å²) in [5.74, 6) is -0.679. The maximum atomic E-state index is 13.4. The SMILES string of the molecule is CCN(CC)c1ccc(C2/C(=C(/O)c3ccc4c(c3)CCCO4)C(=O)C(=O)N2Cc2ccncc2)cc1. The highest BCUT2D eigenvalue weighted by atomic mass is 16.5. The first-order valence-electron chi connectivity index (χ1n) is 12.8. The number of nitrogens with zero attached hydrogens (tertiary/aromatic N) is 3. The van der Waals surface area contributed by atoms with Crippen LogP contribution in [0, 0.1) is 0 Å². The predicted molar refractivity (Wildman–Crippen MR) is 142 cm³/mol. The van der Waals surface area contributed by atoms with Crippen molar-refractivity contribution < 1.29 is 19.4 Å². The van der Waals surface area contributed by atoms with E-state index >= 15 is 0 Å². The Morgan fingerprint density at radius 3 is 2.49 bits per heavy atom. The van der Waals surface area contributed by atoms with E-state index < -0.39 is 17.7 Å². The molecule has 2 aromatic carbocycles. The summed E-state index contributed by atoms with van der Waals surface area (Å²) in [4.78, 5) is 34.6. The number of anilines is 1. The van der Waals surface area contributed by atoms with Crippen molar-refractivity contribution in [3.63, 3.8) is 0 Å². The van der Waals surface area contributed by atoms with Crippen molar-refractivity contribution in [3.8, 4) is 5.75 Å². The lowest BCUT2D eigenvalue weighted by Gasteiger charge is -2.27. The van der Waals surface area contributed by atoms with E-state index in [1.165, 1.54) is 4.90 Å². The number of carbonyl (C=O) groups is 2. The van der Waals surface area contributed by atoms with E-state index in [2.05, 4.69) is 23.7 Å². The number of ether oxygens (including phenoxy) is 1. The maximum Gasteiger partial charge on any atom is 0.295 e. The third-order valence-electron chi connectivity index (χ3n) is 7.16. The molecule has 1 saturated heterocycles. The second-order valence-electron chi connectivity index (χ2n) is 9.32. The fraction of sp³-hybridized carbons (Fsp3) is 0.300. The fourth-order valence-electron chi connectivity index (χ4n) is 5.19. The number of carbonyl (C=O) groups excluding carboxylic acids is 2. The van der Waals surface area contributed by atoms with E-state index in [4.69, 9.17) is 4.74 Å². The van der Waals surface area contributed by atoms with Crippen molar-refractivity contribution in [2.45, 2.75) is 39.3 Å². The molecule has 1 fully saturated rings. The van der Waals surface area contributed by atoms with Crippen LogP contribution in [0.3, 0.4) is 0 Å². The first-order valence-corrected chi connectivity index (χ1v) is 12.8. The summed E-state index contributed by atoms with van der Waals surface area (Å²) in [6, 6.07) is 16.3. The summed E-state index contributed by atoms with van der Waals surface area (Å²) in [6.07, 6.45) is 5.06. The van der Waals surface area contributed by atoms with Crippen LogP contribution < -0.4 is 9.64 Å². The summed E-state index contributed by atoms with van der Waals surface area (Å²) in [5.41, 5.74) is 4.29. The largest absolute Gasteiger partial charge is 0.507 e. The zero-order valence-electron chi connectivity index (χ0n) is 21.2. The van der Waals surface area contributed by atoms with E-state index in [9.17, 15) is 14.7 Å². The Hall–Kier alpha value is -4.13. The first-order chi connectivity index (χ1) is 18.0. The number of likely N-dealkylation sites (tertiary alicyclic amines) is 1. The number of aromatic nitrogens is 1. The van der Waals surface area contributed by atoms with Gasteiger partial charge in [0.25, 0.3) is 11.7 Å². The lowest BCUT2D eigenvalue weighted by Crippen LogP contribution is -2.29. The number of rotatable bonds is 7. The van der Waals surface area contributed by atoms with Gasteiger partial charge in [-0.05, 0) is 85.8 Å². The van der Waals surface area contributed by atoms with Crippen molar-refractivity contribution in [1.29, 1.82) is 0 Å². The highest BCUT2D eigenvalue weighted by Gasteiger charge is 2.46. The van der Waals surface area contributed by atoms with Gasteiger partial charge < -0.3 is 19.6 Å². The number of pyridine rings is 1. The van der Waals surface area contributed by atoms with Gasteiger partial charge in [0, 0.05) is 43.3 Å². The molecule has 7 heteroatoms. The number of aliphatic hydroxyl groups is 1. The average molecular weight is 498 g/mol. The maximum absolute atomic E-state index is 13.4. The number of hydrogen-bond donors (Lipinski definition) is 1. The van der Waals surface area contributed by atoms with Crippen LogP contribution >= 0.6 is 0 Å². The molecule has 0 bridgehead atoms. The molecule has 1 unspecified atom stereocenters. The molecule has 1 amide bonds. The molecule has 3 heterocycles. The smallest absolute Gasteiger partial charge is 0.295 e. The van der Waals surface area contributed by atoms with Crippen molar-refractivity contribution in [2.24, 2.45) is 0 Å². The Kier molecular flexibility index (Phi) is 6.95. The normalized spacial score (nSPS) is 18.4.